The van der Waals surface area contributed by atoms with Crippen LogP contribution >= 0.6 is 0 Å². The number of hydrogen-bond acceptors (Lipinski definition) is 4. The fourth-order valence-corrected chi connectivity index (χ4v) is 2.75. The summed E-state index contributed by atoms with van der Waals surface area (Å²) in [5.74, 6) is 2.34. The first-order valence-electron chi connectivity index (χ1n) is 7.67. The zero-order valence-corrected chi connectivity index (χ0v) is 12.9. The lowest BCUT2D eigenvalue weighted by molar-refractivity contribution is 0.0830. The smallest absolute Gasteiger partial charge is 0.258 e. The summed E-state index contributed by atoms with van der Waals surface area (Å²) in [6.45, 7) is 8.07. The second-order valence-electron chi connectivity index (χ2n) is 6.07. The second-order valence-corrected chi connectivity index (χ2v) is 6.07. The van der Waals surface area contributed by atoms with E-state index in [0.29, 0.717) is 17.7 Å². The van der Waals surface area contributed by atoms with Crippen molar-refractivity contribution in [2.45, 2.75) is 45.4 Å². The average molecular weight is 286 g/mol. The fraction of sp³-hybridized carbons (Fsp3) is 0.529. The Bertz CT molecular complexity index is 613. The summed E-state index contributed by atoms with van der Waals surface area (Å²) in [4.78, 5) is 4.61. The van der Waals surface area contributed by atoms with Crippen LogP contribution in [0.2, 0.25) is 0 Å². The molecule has 0 spiro atoms. The maximum Gasteiger partial charge on any atom is 0.258 e. The van der Waals surface area contributed by atoms with Crippen LogP contribution in [0.25, 0.3) is 11.5 Å². The van der Waals surface area contributed by atoms with Gasteiger partial charge in [0.1, 0.15) is 0 Å². The van der Waals surface area contributed by atoms with Gasteiger partial charge >= 0.3 is 0 Å². The SMILES string of the molecule is Cc1cc(C(C)C)ccc1-c1nc(C2CCOCC2)no1. The number of hydrogen-bond donors (Lipinski definition) is 0. The van der Waals surface area contributed by atoms with Crippen molar-refractivity contribution in [3.05, 3.63) is 35.2 Å². The predicted molar refractivity (Wildman–Crippen MR) is 81.4 cm³/mol. The quantitative estimate of drug-likeness (QED) is 0.853. The molecule has 0 saturated carbocycles. The van der Waals surface area contributed by atoms with Gasteiger partial charge in [-0.1, -0.05) is 31.1 Å². The summed E-state index contributed by atoms with van der Waals surface area (Å²) in [7, 11) is 0. The highest BCUT2D eigenvalue weighted by Gasteiger charge is 2.22. The fourth-order valence-electron chi connectivity index (χ4n) is 2.75. The Kier molecular flexibility index (Phi) is 4.06. The van der Waals surface area contributed by atoms with Gasteiger partial charge in [-0.05, 0) is 42.9 Å². The van der Waals surface area contributed by atoms with Crippen molar-refractivity contribution in [1.82, 2.24) is 10.1 Å². The molecule has 0 bridgehead atoms. The maximum absolute atomic E-state index is 5.48. The van der Waals surface area contributed by atoms with E-state index < -0.39 is 0 Å². The molecule has 2 aromatic rings. The van der Waals surface area contributed by atoms with Gasteiger partial charge in [-0.15, -0.1) is 0 Å². The van der Waals surface area contributed by atoms with E-state index in [4.69, 9.17) is 9.26 Å². The highest BCUT2D eigenvalue weighted by molar-refractivity contribution is 5.59. The molecule has 0 aliphatic carbocycles. The van der Waals surface area contributed by atoms with Crippen LogP contribution in [0, 0.1) is 6.92 Å². The van der Waals surface area contributed by atoms with Crippen LogP contribution in [0.3, 0.4) is 0 Å². The Morgan fingerprint density at radius 1 is 1.19 bits per heavy atom. The topological polar surface area (TPSA) is 48.2 Å². The Hall–Kier alpha value is -1.68. The molecule has 21 heavy (non-hydrogen) atoms. The highest BCUT2D eigenvalue weighted by atomic mass is 16.5. The lowest BCUT2D eigenvalue weighted by Crippen LogP contribution is -2.15. The standard InChI is InChI=1S/C17H22N2O2/c1-11(2)14-4-5-15(12(3)10-14)17-18-16(19-21-17)13-6-8-20-9-7-13/h4-5,10-11,13H,6-9H2,1-3H3. The molecule has 1 fully saturated rings. The molecule has 0 atom stereocenters. The third-order valence-electron chi connectivity index (χ3n) is 4.18. The first-order valence-corrected chi connectivity index (χ1v) is 7.67. The van der Waals surface area contributed by atoms with Gasteiger partial charge < -0.3 is 9.26 Å². The number of benzene rings is 1. The average Bonchev–Trinajstić information content (AvgIpc) is 2.97. The maximum atomic E-state index is 5.48. The van der Waals surface area contributed by atoms with Crippen LogP contribution in [-0.4, -0.2) is 23.4 Å². The molecule has 1 aliphatic rings. The molecule has 1 aromatic heterocycles. The molecule has 0 amide bonds. The predicted octanol–water partition coefficient (Wildman–Crippen LogP) is 4.06. The first-order chi connectivity index (χ1) is 10.1. The summed E-state index contributed by atoms with van der Waals surface area (Å²) in [6, 6.07) is 6.44. The van der Waals surface area contributed by atoms with Gasteiger partial charge in [-0.2, -0.15) is 4.98 Å². The Labute approximate surface area is 125 Å². The van der Waals surface area contributed by atoms with Gasteiger partial charge in [0.05, 0.1) is 0 Å². The van der Waals surface area contributed by atoms with Crippen molar-refractivity contribution in [2.75, 3.05) is 13.2 Å². The Balaban J connectivity index is 1.85. The van der Waals surface area contributed by atoms with Crippen molar-refractivity contribution in [3.63, 3.8) is 0 Å². The van der Waals surface area contributed by atoms with Crippen LogP contribution in [-0.2, 0) is 4.74 Å². The molecule has 112 valence electrons. The van der Waals surface area contributed by atoms with Crippen molar-refractivity contribution < 1.29 is 9.26 Å². The van der Waals surface area contributed by atoms with E-state index in [9.17, 15) is 0 Å². The van der Waals surface area contributed by atoms with Crippen LogP contribution < -0.4 is 0 Å². The Morgan fingerprint density at radius 2 is 1.95 bits per heavy atom. The molecule has 0 unspecified atom stereocenters. The lowest BCUT2D eigenvalue weighted by Gasteiger charge is -2.18. The van der Waals surface area contributed by atoms with E-state index in [2.05, 4.69) is 49.1 Å². The molecular formula is C17H22N2O2. The normalized spacial score (nSPS) is 16.6. The largest absolute Gasteiger partial charge is 0.381 e. The number of ether oxygens (including phenoxy) is 1. The zero-order chi connectivity index (χ0) is 14.8. The van der Waals surface area contributed by atoms with E-state index in [-0.39, 0.29) is 0 Å². The van der Waals surface area contributed by atoms with Gasteiger partial charge in [-0.25, -0.2) is 0 Å². The van der Waals surface area contributed by atoms with E-state index in [1.54, 1.807) is 0 Å². The molecule has 4 heteroatoms. The van der Waals surface area contributed by atoms with Crippen LogP contribution in [0.5, 0.6) is 0 Å². The Morgan fingerprint density at radius 3 is 2.62 bits per heavy atom. The number of nitrogens with zero attached hydrogens (tertiary/aromatic N) is 2. The second kappa shape index (κ2) is 5.98. The third kappa shape index (κ3) is 3.00. The first kappa shape index (κ1) is 14.3. The minimum atomic E-state index is 0.367. The molecule has 1 aliphatic heterocycles. The molecule has 0 radical (unpaired) electrons. The lowest BCUT2D eigenvalue weighted by atomic mass is 9.97. The number of rotatable bonds is 3. The highest BCUT2D eigenvalue weighted by Crippen LogP contribution is 2.29. The van der Waals surface area contributed by atoms with Gasteiger partial charge in [0.25, 0.3) is 5.89 Å². The van der Waals surface area contributed by atoms with E-state index >= 15 is 0 Å². The monoisotopic (exact) mass is 286 g/mol. The third-order valence-corrected chi connectivity index (χ3v) is 4.18. The van der Waals surface area contributed by atoms with Crippen molar-refractivity contribution >= 4 is 0 Å². The van der Waals surface area contributed by atoms with Crippen molar-refractivity contribution in [2.24, 2.45) is 0 Å². The minimum absolute atomic E-state index is 0.367. The van der Waals surface area contributed by atoms with E-state index in [1.165, 1.54) is 11.1 Å². The molecule has 1 saturated heterocycles. The van der Waals surface area contributed by atoms with Crippen molar-refractivity contribution in [1.29, 1.82) is 0 Å². The summed E-state index contributed by atoms with van der Waals surface area (Å²) < 4.78 is 10.9. The molecule has 4 nitrogen and oxygen atoms in total. The summed E-state index contributed by atoms with van der Waals surface area (Å²) in [5.41, 5.74) is 3.55. The zero-order valence-electron chi connectivity index (χ0n) is 12.9. The van der Waals surface area contributed by atoms with Crippen LogP contribution in [0.15, 0.2) is 22.7 Å². The molecule has 1 aromatic carbocycles. The van der Waals surface area contributed by atoms with Gasteiger partial charge in [-0.3, -0.25) is 0 Å². The summed E-state index contributed by atoms with van der Waals surface area (Å²) in [5, 5.41) is 4.17. The summed E-state index contributed by atoms with van der Waals surface area (Å²) >= 11 is 0. The van der Waals surface area contributed by atoms with Crippen LogP contribution in [0.1, 0.15) is 55.5 Å². The molecular weight excluding hydrogens is 264 g/mol. The summed E-state index contributed by atoms with van der Waals surface area (Å²) in [6.07, 6.45) is 1.95. The molecule has 0 N–H and O–H groups in total. The van der Waals surface area contributed by atoms with Gasteiger partial charge in [0, 0.05) is 24.7 Å². The molecule has 3 rings (SSSR count). The van der Waals surface area contributed by atoms with Gasteiger partial charge in [0.2, 0.25) is 0 Å². The minimum Gasteiger partial charge on any atom is -0.381 e. The van der Waals surface area contributed by atoms with Crippen LogP contribution in [0.4, 0.5) is 0 Å². The van der Waals surface area contributed by atoms with Crippen molar-refractivity contribution in [3.8, 4) is 11.5 Å². The molecule has 2 heterocycles. The van der Waals surface area contributed by atoms with E-state index in [1.807, 2.05) is 0 Å². The van der Waals surface area contributed by atoms with Gasteiger partial charge in [0.15, 0.2) is 5.82 Å². The number of aromatic nitrogens is 2. The number of aryl methyl sites for hydroxylation is 1. The van der Waals surface area contributed by atoms with E-state index in [0.717, 1.165) is 37.4 Å².